The third kappa shape index (κ3) is 4.05. The molecule has 1 aromatic rings. The zero-order valence-electron chi connectivity index (χ0n) is 10.6. The molecule has 1 atom stereocenters. The molecule has 102 valence electrons. The summed E-state index contributed by atoms with van der Waals surface area (Å²) in [6, 6.07) is 4.76. The van der Waals surface area contributed by atoms with Crippen LogP contribution in [0.3, 0.4) is 0 Å². The molecule has 0 aliphatic heterocycles. The first kappa shape index (κ1) is 15.6. The van der Waals surface area contributed by atoms with E-state index in [1.165, 1.54) is 0 Å². The second kappa shape index (κ2) is 6.65. The van der Waals surface area contributed by atoms with E-state index in [1.54, 1.807) is 18.2 Å². The zero-order valence-corrected chi connectivity index (χ0v) is 13.0. The number of nitrogens with one attached hydrogen (secondary N) is 1. The molecule has 4 nitrogen and oxygen atoms in total. The maximum absolute atomic E-state index is 12.2. The van der Waals surface area contributed by atoms with Gasteiger partial charge in [-0.2, -0.15) is 0 Å². The second-order valence-corrected chi connectivity index (χ2v) is 6.82. The number of nitrogens with two attached hydrogens (primary N) is 1. The van der Waals surface area contributed by atoms with Crippen LogP contribution in [0, 0.1) is 6.92 Å². The van der Waals surface area contributed by atoms with Crippen LogP contribution < -0.4 is 10.5 Å². The highest BCUT2D eigenvalue weighted by Crippen LogP contribution is 2.20. The average molecular weight is 335 g/mol. The van der Waals surface area contributed by atoms with E-state index in [0.717, 1.165) is 22.9 Å². The quantitative estimate of drug-likeness (QED) is 0.837. The maximum atomic E-state index is 12.2. The standard InChI is InChI=1S/C12H19BrN2O2S/c1-3-4-10(8-14)15-18(16,17)11-5-6-12(13)9(2)7-11/h5-7,10,15H,3-4,8,14H2,1-2H3. The van der Waals surface area contributed by atoms with Gasteiger partial charge < -0.3 is 5.73 Å². The normalized spacial score (nSPS) is 13.6. The van der Waals surface area contributed by atoms with Crippen molar-refractivity contribution in [3.8, 4) is 0 Å². The predicted molar refractivity (Wildman–Crippen MR) is 77.0 cm³/mol. The molecule has 6 heteroatoms. The van der Waals surface area contributed by atoms with Crippen LogP contribution >= 0.6 is 15.9 Å². The highest BCUT2D eigenvalue weighted by Gasteiger charge is 2.19. The van der Waals surface area contributed by atoms with Crippen molar-refractivity contribution in [3.63, 3.8) is 0 Å². The van der Waals surface area contributed by atoms with Gasteiger partial charge in [0.1, 0.15) is 0 Å². The Labute approximate surface area is 117 Å². The summed E-state index contributed by atoms with van der Waals surface area (Å²) in [7, 11) is -3.48. The lowest BCUT2D eigenvalue weighted by Gasteiger charge is -2.16. The van der Waals surface area contributed by atoms with Gasteiger partial charge in [0, 0.05) is 17.1 Å². The molecule has 0 saturated carbocycles. The molecule has 1 unspecified atom stereocenters. The molecule has 0 spiro atoms. The summed E-state index contributed by atoms with van der Waals surface area (Å²) in [5.74, 6) is 0. The van der Waals surface area contributed by atoms with Gasteiger partial charge >= 0.3 is 0 Å². The van der Waals surface area contributed by atoms with E-state index in [0.29, 0.717) is 6.54 Å². The molecule has 0 aromatic heterocycles. The monoisotopic (exact) mass is 334 g/mol. The van der Waals surface area contributed by atoms with Gasteiger partial charge in [-0.3, -0.25) is 0 Å². The lowest BCUT2D eigenvalue weighted by molar-refractivity contribution is 0.527. The van der Waals surface area contributed by atoms with Crippen molar-refractivity contribution in [3.05, 3.63) is 28.2 Å². The highest BCUT2D eigenvalue weighted by molar-refractivity contribution is 9.10. The van der Waals surface area contributed by atoms with Gasteiger partial charge in [-0.25, -0.2) is 13.1 Å². The van der Waals surface area contributed by atoms with Crippen LogP contribution in [0.5, 0.6) is 0 Å². The van der Waals surface area contributed by atoms with Crippen molar-refractivity contribution in [2.45, 2.75) is 37.6 Å². The van der Waals surface area contributed by atoms with Crippen LogP contribution in [0.4, 0.5) is 0 Å². The van der Waals surface area contributed by atoms with Crippen molar-refractivity contribution in [1.82, 2.24) is 4.72 Å². The van der Waals surface area contributed by atoms with E-state index in [2.05, 4.69) is 20.7 Å². The molecule has 1 rings (SSSR count). The molecule has 0 fully saturated rings. The first-order chi connectivity index (χ1) is 8.40. The van der Waals surface area contributed by atoms with E-state index >= 15 is 0 Å². The molecule has 0 saturated heterocycles. The van der Waals surface area contributed by atoms with Crippen LogP contribution in [0.25, 0.3) is 0 Å². The minimum Gasteiger partial charge on any atom is -0.329 e. The summed E-state index contributed by atoms with van der Waals surface area (Å²) >= 11 is 3.35. The van der Waals surface area contributed by atoms with E-state index in [4.69, 9.17) is 5.73 Å². The third-order valence-electron chi connectivity index (χ3n) is 2.68. The Hall–Kier alpha value is -0.430. The summed E-state index contributed by atoms with van der Waals surface area (Å²) in [6.07, 6.45) is 1.63. The van der Waals surface area contributed by atoms with Crippen molar-refractivity contribution in [2.24, 2.45) is 5.73 Å². The van der Waals surface area contributed by atoms with Crippen molar-refractivity contribution in [1.29, 1.82) is 0 Å². The van der Waals surface area contributed by atoms with E-state index < -0.39 is 10.0 Å². The second-order valence-electron chi connectivity index (χ2n) is 4.25. The molecule has 0 heterocycles. The van der Waals surface area contributed by atoms with E-state index in [9.17, 15) is 8.42 Å². The zero-order chi connectivity index (χ0) is 13.8. The number of hydrogen-bond donors (Lipinski definition) is 2. The summed E-state index contributed by atoms with van der Waals surface area (Å²) in [4.78, 5) is 0.276. The first-order valence-electron chi connectivity index (χ1n) is 5.89. The Kier molecular flexibility index (Phi) is 5.78. The summed E-state index contributed by atoms with van der Waals surface area (Å²) in [6.45, 7) is 4.17. The smallest absolute Gasteiger partial charge is 0.240 e. The van der Waals surface area contributed by atoms with Crippen LogP contribution in [-0.4, -0.2) is 21.0 Å². The Balaban J connectivity index is 2.95. The van der Waals surface area contributed by atoms with Gasteiger partial charge in [-0.15, -0.1) is 0 Å². The van der Waals surface area contributed by atoms with Crippen LogP contribution in [0.1, 0.15) is 25.3 Å². The summed E-state index contributed by atoms with van der Waals surface area (Å²) in [5.41, 5.74) is 6.45. The van der Waals surface area contributed by atoms with Crippen molar-refractivity contribution in [2.75, 3.05) is 6.54 Å². The number of hydrogen-bond acceptors (Lipinski definition) is 3. The Morgan fingerprint density at radius 1 is 1.44 bits per heavy atom. The average Bonchev–Trinajstić information content (AvgIpc) is 2.31. The molecule has 1 aromatic carbocycles. The fraction of sp³-hybridized carbons (Fsp3) is 0.500. The fourth-order valence-corrected chi connectivity index (χ4v) is 3.26. The van der Waals surface area contributed by atoms with Gasteiger partial charge in [-0.1, -0.05) is 29.3 Å². The van der Waals surface area contributed by atoms with E-state index in [-0.39, 0.29) is 10.9 Å². The van der Waals surface area contributed by atoms with Gasteiger partial charge in [0.2, 0.25) is 10.0 Å². The number of rotatable bonds is 6. The molecule has 0 aliphatic carbocycles. The number of sulfonamides is 1. The van der Waals surface area contributed by atoms with Gasteiger partial charge in [0.15, 0.2) is 0 Å². The number of benzene rings is 1. The van der Waals surface area contributed by atoms with Crippen molar-refractivity contribution < 1.29 is 8.42 Å². The summed E-state index contributed by atoms with van der Waals surface area (Å²) < 4.78 is 27.8. The molecular formula is C12H19BrN2O2S. The van der Waals surface area contributed by atoms with Gasteiger partial charge in [-0.05, 0) is 37.1 Å². The highest BCUT2D eigenvalue weighted by atomic mass is 79.9. The SMILES string of the molecule is CCCC(CN)NS(=O)(=O)c1ccc(Br)c(C)c1. The topological polar surface area (TPSA) is 72.2 Å². The van der Waals surface area contributed by atoms with Crippen LogP contribution in [-0.2, 0) is 10.0 Å². The molecule has 0 radical (unpaired) electrons. The lowest BCUT2D eigenvalue weighted by Crippen LogP contribution is -2.40. The maximum Gasteiger partial charge on any atom is 0.240 e. The summed E-state index contributed by atoms with van der Waals surface area (Å²) in [5, 5.41) is 0. The Bertz CT molecular complexity index is 503. The molecule has 0 bridgehead atoms. The predicted octanol–water partition coefficient (Wildman–Crippen LogP) is 2.16. The third-order valence-corrected chi connectivity index (χ3v) is 5.09. The molecule has 3 N–H and O–H groups in total. The van der Waals surface area contributed by atoms with Crippen LogP contribution in [0.15, 0.2) is 27.6 Å². The number of halogens is 1. The molecular weight excluding hydrogens is 316 g/mol. The fourth-order valence-electron chi connectivity index (χ4n) is 1.65. The lowest BCUT2D eigenvalue weighted by atomic mass is 10.2. The molecule has 0 amide bonds. The van der Waals surface area contributed by atoms with E-state index in [1.807, 2.05) is 13.8 Å². The molecule has 0 aliphatic rings. The largest absolute Gasteiger partial charge is 0.329 e. The van der Waals surface area contributed by atoms with Crippen molar-refractivity contribution >= 4 is 26.0 Å². The van der Waals surface area contributed by atoms with Crippen LogP contribution in [0.2, 0.25) is 0 Å². The minimum absolute atomic E-state index is 0.205. The Morgan fingerprint density at radius 3 is 2.61 bits per heavy atom. The Morgan fingerprint density at radius 2 is 2.11 bits per heavy atom. The first-order valence-corrected chi connectivity index (χ1v) is 8.17. The van der Waals surface area contributed by atoms with Gasteiger partial charge in [0.05, 0.1) is 4.90 Å². The van der Waals surface area contributed by atoms with Gasteiger partial charge in [0.25, 0.3) is 0 Å². The minimum atomic E-state index is -3.48. The number of aryl methyl sites for hydroxylation is 1. The molecule has 18 heavy (non-hydrogen) atoms.